The fraction of sp³-hybridized carbons (Fsp3) is 0.500. The molecule has 0 saturated carbocycles. The zero-order valence-electron chi connectivity index (χ0n) is 8.03. The van der Waals surface area contributed by atoms with Crippen molar-refractivity contribution < 1.29 is 5.11 Å². The summed E-state index contributed by atoms with van der Waals surface area (Å²) in [4.78, 5) is 5.30. The van der Waals surface area contributed by atoms with Crippen molar-refractivity contribution in [2.75, 3.05) is 6.61 Å². The van der Waals surface area contributed by atoms with E-state index in [1.54, 1.807) is 18.0 Å². The summed E-state index contributed by atoms with van der Waals surface area (Å²) in [5, 5.41) is 9.22. The Morgan fingerprint density at radius 2 is 2.38 bits per heavy atom. The smallest absolute Gasteiger partial charge is 0.0441 e. The zero-order valence-corrected chi connectivity index (χ0v) is 8.84. The number of rotatable bonds is 4. The molecule has 1 aromatic rings. The van der Waals surface area contributed by atoms with E-state index in [9.17, 15) is 0 Å². The predicted octanol–water partition coefficient (Wildman–Crippen LogP) is 2.25. The van der Waals surface area contributed by atoms with Gasteiger partial charge in [0.25, 0.3) is 0 Å². The Balaban J connectivity index is 2.58. The van der Waals surface area contributed by atoms with Gasteiger partial charge in [-0.1, -0.05) is 6.92 Å². The maximum Gasteiger partial charge on any atom is 0.0441 e. The predicted molar refractivity (Wildman–Crippen MR) is 56.0 cm³/mol. The number of aliphatic hydroxyl groups excluding tert-OH is 1. The summed E-state index contributed by atoms with van der Waals surface area (Å²) in [6, 6.07) is 2.02. The molecule has 0 aromatic carbocycles. The van der Waals surface area contributed by atoms with Crippen LogP contribution in [0.2, 0.25) is 0 Å². The van der Waals surface area contributed by atoms with Gasteiger partial charge in [-0.2, -0.15) is 0 Å². The van der Waals surface area contributed by atoms with Gasteiger partial charge in [0, 0.05) is 29.1 Å². The summed E-state index contributed by atoms with van der Waals surface area (Å²) in [5.41, 5.74) is 1.21. The van der Waals surface area contributed by atoms with E-state index >= 15 is 0 Å². The Hall–Kier alpha value is -0.540. The molecular formula is C10H15NOS. The molecule has 3 heteroatoms. The van der Waals surface area contributed by atoms with Gasteiger partial charge in [-0.3, -0.25) is 4.98 Å². The molecule has 0 radical (unpaired) electrons. The molecule has 1 unspecified atom stereocenters. The van der Waals surface area contributed by atoms with E-state index in [1.165, 1.54) is 10.5 Å². The Morgan fingerprint density at radius 3 is 3.00 bits per heavy atom. The van der Waals surface area contributed by atoms with Crippen molar-refractivity contribution in [3.05, 3.63) is 24.0 Å². The zero-order chi connectivity index (χ0) is 9.68. The molecule has 0 amide bonds. The van der Waals surface area contributed by atoms with E-state index in [-0.39, 0.29) is 6.61 Å². The molecule has 0 fully saturated rings. The minimum atomic E-state index is 0.262. The number of hydrogen-bond acceptors (Lipinski definition) is 3. The lowest BCUT2D eigenvalue weighted by Crippen LogP contribution is -1.99. The fourth-order valence-corrected chi connectivity index (χ4v) is 2.09. The molecule has 0 aliphatic carbocycles. The molecule has 2 nitrogen and oxygen atoms in total. The molecule has 1 rings (SSSR count). The number of hydrogen-bond donors (Lipinski definition) is 1. The molecule has 0 spiro atoms. The Morgan fingerprint density at radius 1 is 1.62 bits per heavy atom. The van der Waals surface area contributed by atoms with Gasteiger partial charge in [0.15, 0.2) is 0 Å². The SMILES string of the molecule is Cc1cnccc1SC(C)CCO. The van der Waals surface area contributed by atoms with Crippen LogP contribution >= 0.6 is 11.8 Å². The maximum absolute atomic E-state index is 8.76. The molecule has 1 aromatic heterocycles. The van der Waals surface area contributed by atoms with Crippen LogP contribution in [0.25, 0.3) is 0 Å². The van der Waals surface area contributed by atoms with Crippen LogP contribution in [0.1, 0.15) is 18.9 Å². The van der Waals surface area contributed by atoms with Crippen LogP contribution in [-0.2, 0) is 0 Å². The fourth-order valence-electron chi connectivity index (χ4n) is 1.05. The van der Waals surface area contributed by atoms with Crippen molar-refractivity contribution in [3.63, 3.8) is 0 Å². The molecule has 1 heterocycles. The minimum Gasteiger partial charge on any atom is -0.396 e. The summed E-state index contributed by atoms with van der Waals surface area (Å²) in [5.74, 6) is 0. The van der Waals surface area contributed by atoms with E-state index in [0.717, 1.165) is 6.42 Å². The third kappa shape index (κ3) is 3.36. The molecule has 0 aliphatic heterocycles. The summed E-state index contributed by atoms with van der Waals surface area (Å²) in [7, 11) is 0. The number of aryl methyl sites for hydroxylation is 1. The summed E-state index contributed by atoms with van der Waals surface area (Å²) < 4.78 is 0. The Labute approximate surface area is 83.4 Å². The molecule has 0 aliphatic rings. The Bertz CT molecular complexity index is 265. The summed E-state index contributed by atoms with van der Waals surface area (Å²) in [6.07, 6.45) is 4.52. The average molecular weight is 197 g/mol. The highest BCUT2D eigenvalue weighted by molar-refractivity contribution is 8.00. The molecule has 0 saturated heterocycles. The molecule has 72 valence electrons. The van der Waals surface area contributed by atoms with Crippen LogP contribution in [0.3, 0.4) is 0 Å². The average Bonchev–Trinajstić information content (AvgIpc) is 2.09. The number of aromatic nitrogens is 1. The van der Waals surface area contributed by atoms with Crippen molar-refractivity contribution in [3.8, 4) is 0 Å². The lowest BCUT2D eigenvalue weighted by molar-refractivity contribution is 0.289. The minimum absolute atomic E-state index is 0.262. The molecule has 1 atom stereocenters. The van der Waals surface area contributed by atoms with Crippen molar-refractivity contribution in [1.82, 2.24) is 4.98 Å². The van der Waals surface area contributed by atoms with Crippen LogP contribution in [0.5, 0.6) is 0 Å². The first-order valence-corrected chi connectivity index (χ1v) is 5.30. The third-order valence-corrected chi connectivity index (χ3v) is 3.18. The second-order valence-electron chi connectivity index (χ2n) is 3.08. The highest BCUT2D eigenvalue weighted by atomic mass is 32.2. The van der Waals surface area contributed by atoms with Crippen molar-refractivity contribution in [1.29, 1.82) is 0 Å². The van der Waals surface area contributed by atoms with Crippen LogP contribution in [0.15, 0.2) is 23.4 Å². The van der Waals surface area contributed by atoms with Crippen LogP contribution in [0.4, 0.5) is 0 Å². The monoisotopic (exact) mass is 197 g/mol. The molecular weight excluding hydrogens is 182 g/mol. The van der Waals surface area contributed by atoms with Gasteiger partial charge in [0.2, 0.25) is 0 Å². The van der Waals surface area contributed by atoms with Gasteiger partial charge in [0.1, 0.15) is 0 Å². The van der Waals surface area contributed by atoms with Gasteiger partial charge >= 0.3 is 0 Å². The molecule has 0 bridgehead atoms. The lowest BCUT2D eigenvalue weighted by atomic mass is 10.3. The van der Waals surface area contributed by atoms with Gasteiger partial charge in [-0.15, -0.1) is 11.8 Å². The topological polar surface area (TPSA) is 33.1 Å². The van der Waals surface area contributed by atoms with Crippen LogP contribution in [0, 0.1) is 6.92 Å². The largest absolute Gasteiger partial charge is 0.396 e. The maximum atomic E-state index is 8.76. The van der Waals surface area contributed by atoms with Gasteiger partial charge in [-0.25, -0.2) is 0 Å². The normalized spacial score (nSPS) is 12.8. The van der Waals surface area contributed by atoms with E-state index in [2.05, 4.69) is 18.8 Å². The summed E-state index contributed by atoms with van der Waals surface area (Å²) >= 11 is 1.79. The summed E-state index contributed by atoms with van der Waals surface area (Å²) in [6.45, 7) is 4.44. The first kappa shape index (κ1) is 10.5. The first-order chi connectivity index (χ1) is 6.24. The second-order valence-corrected chi connectivity index (χ2v) is 4.56. The Kier molecular flexibility index (Phi) is 4.25. The third-order valence-electron chi connectivity index (χ3n) is 1.83. The standard InChI is InChI=1S/C10H15NOS/c1-8-7-11-5-3-10(8)13-9(2)4-6-12/h3,5,7,9,12H,4,6H2,1-2H3. The van der Waals surface area contributed by atoms with Gasteiger partial charge in [-0.05, 0) is 25.0 Å². The highest BCUT2D eigenvalue weighted by Gasteiger charge is 2.05. The molecule has 1 N–H and O–H groups in total. The number of thioether (sulfide) groups is 1. The molecule has 13 heavy (non-hydrogen) atoms. The lowest BCUT2D eigenvalue weighted by Gasteiger charge is -2.10. The van der Waals surface area contributed by atoms with Crippen molar-refractivity contribution in [2.24, 2.45) is 0 Å². The van der Waals surface area contributed by atoms with Crippen molar-refractivity contribution >= 4 is 11.8 Å². The van der Waals surface area contributed by atoms with Crippen LogP contribution < -0.4 is 0 Å². The van der Waals surface area contributed by atoms with E-state index in [4.69, 9.17) is 5.11 Å². The number of aliphatic hydroxyl groups is 1. The first-order valence-electron chi connectivity index (χ1n) is 4.42. The second kappa shape index (κ2) is 5.25. The van der Waals surface area contributed by atoms with E-state index in [0.29, 0.717) is 5.25 Å². The van der Waals surface area contributed by atoms with E-state index < -0.39 is 0 Å². The quantitative estimate of drug-likeness (QED) is 0.752. The van der Waals surface area contributed by atoms with E-state index in [1.807, 2.05) is 12.3 Å². The highest BCUT2D eigenvalue weighted by Crippen LogP contribution is 2.26. The van der Waals surface area contributed by atoms with Crippen molar-refractivity contribution in [2.45, 2.75) is 30.4 Å². The van der Waals surface area contributed by atoms with Gasteiger partial charge < -0.3 is 5.11 Å². The van der Waals surface area contributed by atoms with Gasteiger partial charge in [0.05, 0.1) is 0 Å². The number of nitrogens with zero attached hydrogens (tertiary/aromatic N) is 1. The number of pyridine rings is 1. The van der Waals surface area contributed by atoms with Crippen LogP contribution in [-0.4, -0.2) is 21.9 Å².